The molecule has 9 heteroatoms. The number of amides is 4. The molecule has 1 aromatic carbocycles. The highest BCUT2D eigenvalue weighted by Crippen LogP contribution is 2.21. The largest absolute Gasteiger partial charge is 0.465 e. The van der Waals surface area contributed by atoms with E-state index in [9.17, 15) is 14.4 Å². The van der Waals surface area contributed by atoms with Gasteiger partial charge in [0.15, 0.2) is 0 Å². The molecule has 2 rings (SSSR count). The van der Waals surface area contributed by atoms with Gasteiger partial charge in [0.2, 0.25) is 0 Å². The van der Waals surface area contributed by atoms with Crippen LogP contribution in [0.25, 0.3) is 0 Å². The molecule has 1 aliphatic heterocycles. The molecule has 3 N–H and O–H groups in total. The number of carbonyl (C=O) groups excluding carboxylic acids is 3. The topological polar surface area (TPSA) is 99.8 Å². The van der Waals surface area contributed by atoms with Crippen LogP contribution in [-0.4, -0.2) is 55.7 Å². The van der Waals surface area contributed by atoms with Crippen LogP contribution in [0.3, 0.4) is 0 Å². The van der Waals surface area contributed by atoms with Crippen molar-refractivity contribution in [3.63, 3.8) is 0 Å². The number of likely N-dealkylation sites (tertiary alicyclic amines) is 1. The number of urea groups is 2. The number of ether oxygens (including phenoxy) is 1. The van der Waals surface area contributed by atoms with Gasteiger partial charge < -0.3 is 25.6 Å². The summed E-state index contributed by atoms with van der Waals surface area (Å²) in [4.78, 5) is 36.9. The van der Waals surface area contributed by atoms with E-state index in [2.05, 4.69) is 16.0 Å². The lowest BCUT2D eigenvalue weighted by atomic mass is 9.94. The number of piperidine rings is 1. The van der Waals surface area contributed by atoms with E-state index in [-0.39, 0.29) is 25.2 Å². The van der Waals surface area contributed by atoms with Crippen LogP contribution >= 0.6 is 11.6 Å². The predicted octanol–water partition coefficient (Wildman–Crippen LogP) is 2.84. The Morgan fingerprint density at radius 1 is 1.21 bits per heavy atom. The molecule has 0 saturated carbocycles. The summed E-state index contributed by atoms with van der Waals surface area (Å²) in [5.41, 5.74) is 0.678. The smallest absolute Gasteiger partial charge is 0.325 e. The molecular formula is C19H27ClN4O4. The second kappa shape index (κ2) is 11.4. The first-order chi connectivity index (χ1) is 13.5. The minimum Gasteiger partial charge on any atom is -0.465 e. The third-order valence-corrected chi connectivity index (χ3v) is 4.75. The molecule has 0 atom stereocenters. The van der Waals surface area contributed by atoms with E-state index in [1.54, 1.807) is 36.1 Å². The lowest BCUT2D eigenvalue weighted by Gasteiger charge is -2.32. The minimum atomic E-state index is -0.457. The van der Waals surface area contributed by atoms with Crippen molar-refractivity contribution in [3.8, 4) is 0 Å². The number of esters is 1. The van der Waals surface area contributed by atoms with Crippen molar-refractivity contribution in [1.82, 2.24) is 15.5 Å². The number of nitrogens with one attached hydrogen (secondary N) is 3. The summed E-state index contributed by atoms with van der Waals surface area (Å²) in [5.74, 6) is -0.0124. The van der Waals surface area contributed by atoms with Gasteiger partial charge in [-0.05, 0) is 50.3 Å². The average Bonchev–Trinajstić information content (AvgIpc) is 2.67. The van der Waals surface area contributed by atoms with E-state index in [0.717, 1.165) is 19.3 Å². The van der Waals surface area contributed by atoms with Crippen LogP contribution in [0.5, 0.6) is 0 Å². The van der Waals surface area contributed by atoms with Gasteiger partial charge in [0.05, 0.1) is 6.61 Å². The monoisotopic (exact) mass is 410 g/mol. The Bertz CT molecular complexity index is 678. The molecule has 4 amide bonds. The first-order valence-electron chi connectivity index (χ1n) is 9.46. The predicted molar refractivity (Wildman–Crippen MR) is 107 cm³/mol. The van der Waals surface area contributed by atoms with E-state index in [4.69, 9.17) is 16.3 Å². The molecule has 1 aromatic rings. The van der Waals surface area contributed by atoms with E-state index >= 15 is 0 Å². The Kier molecular flexibility index (Phi) is 8.87. The number of rotatable bonds is 7. The van der Waals surface area contributed by atoms with Gasteiger partial charge >= 0.3 is 18.0 Å². The van der Waals surface area contributed by atoms with Gasteiger partial charge in [0.1, 0.15) is 6.54 Å². The van der Waals surface area contributed by atoms with Crippen molar-refractivity contribution in [3.05, 3.63) is 29.3 Å². The number of hydrogen-bond acceptors (Lipinski definition) is 4. The van der Waals surface area contributed by atoms with Crippen LogP contribution in [0.1, 0.15) is 26.2 Å². The number of benzene rings is 1. The molecule has 1 saturated heterocycles. The summed E-state index contributed by atoms with van der Waals surface area (Å²) in [6.07, 6.45) is 2.60. The number of anilines is 1. The third-order valence-electron chi connectivity index (χ3n) is 4.51. The van der Waals surface area contributed by atoms with Crippen LogP contribution in [0, 0.1) is 5.92 Å². The summed E-state index contributed by atoms with van der Waals surface area (Å²) in [7, 11) is 0. The molecular weight excluding hydrogens is 384 g/mol. The minimum absolute atomic E-state index is 0.128. The van der Waals surface area contributed by atoms with Gasteiger partial charge in [-0.1, -0.05) is 17.7 Å². The summed E-state index contributed by atoms with van der Waals surface area (Å²) in [6, 6.07) is 6.55. The van der Waals surface area contributed by atoms with Crippen molar-refractivity contribution >= 4 is 35.3 Å². The van der Waals surface area contributed by atoms with Crippen molar-refractivity contribution < 1.29 is 19.1 Å². The lowest BCUT2D eigenvalue weighted by Crippen LogP contribution is -2.42. The third kappa shape index (κ3) is 7.64. The normalized spacial score (nSPS) is 14.3. The van der Waals surface area contributed by atoms with Gasteiger partial charge in [-0.3, -0.25) is 4.79 Å². The van der Waals surface area contributed by atoms with Crippen LogP contribution in [-0.2, 0) is 9.53 Å². The summed E-state index contributed by atoms with van der Waals surface area (Å²) < 4.78 is 4.74. The Labute approximate surface area is 169 Å². The number of carbonyl (C=O) groups is 3. The Hall–Kier alpha value is -2.48. The fraction of sp³-hybridized carbons (Fsp3) is 0.526. The number of hydrogen-bond donors (Lipinski definition) is 3. The lowest BCUT2D eigenvalue weighted by molar-refractivity contribution is -0.141. The van der Waals surface area contributed by atoms with Gasteiger partial charge in [0.25, 0.3) is 0 Å². The fourth-order valence-electron chi connectivity index (χ4n) is 3.01. The quantitative estimate of drug-likeness (QED) is 0.602. The van der Waals surface area contributed by atoms with Crippen LogP contribution in [0.2, 0.25) is 5.02 Å². The molecule has 1 fully saturated rings. The van der Waals surface area contributed by atoms with Gasteiger partial charge in [-0.2, -0.15) is 0 Å². The van der Waals surface area contributed by atoms with E-state index in [1.165, 1.54) is 0 Å². The maximum atomic E-state index is 12.3. The Balaban J connectivity index is 1.61. The zero-order valence-electron chi connectivity index (χ0n) is 16.0. The zero-order chi connectivity index (χ0) is 20.4. The molecule has 0 radical (unpaired) electrons. The second-order valence-corrected chi connectivity index (χ2v) is 7.01. The molecule has 0 unspecified atom stereocenters. The van der Waals surface area contributed by atoms with Crippen molar-refractivity contribution in [1.29, 1.82) is 0 Å². The molecule has 1 heterocycles. The molecule has 0 bridgehead atoms. The van der Waals surface area contributed by atoms with Crippen LogP contribution in [0.15, 0.2) is 24.3 Å². The molecule has 28 heavy (non-hydrogen) atoms. The summed E-state index contributed by atoms with van der Waals surface area (Å²) in [5, 5.41) is 8.63. The van der Waals surface area contributed by atoms with E-state index < -0.39 is 5.97 Å². The van der Waals surface area contributed by atoms with E-state index in [0.29, 0.717) is 36.3 Å². The highest BCUT2D eigenvalue weighted by molar-refractivity contribution is 6.30. The molecule has 0 aliphatic carbocycles. The molecule has 154 valence electrons. The summed E-state index contributed by atoms with van der Waals surface area (Å²) >= 11 is 5.93. The zero-order valence-corrected chi connectivity index (χ0v) is 16.8. The highest BCUT2D eigenvalue weighted by Gasteiger charge is 2.22. The van der Waals surface area contributed by atoms with Crippen molar-refractivity contribution in [2.24, 2.45) is 5.92 Å². The maximum absolute atomic E-state index is 12.3. The molecule has 0 spiro atoms. The SMILES string of the molecule is CCOC(=O)CNC(=O)NCCC1CCN(C(=O)Nc2cccc(Cl)c2)CC1. The second-order valence-electron chi connectivity index (χ2n) is 6.57. The Morgan fingerprint density at radius 2 is 1.96 bits per heavy atom. The van der Waals surface area contributed by atoms with E-state index in [1.807, 2.05) is 0 Å². The van der Waals surface area contributed by atoms with Crippen molar-refractivity contribution in [2.45, 2.75) is 26.2 Å². The fourth-order valence-corrected chi connectivity index (χ4v) is 3.20. The van der Waals surface area contributed by atoms with Crippen LogP contribution in [0.4, 0.5) is 15.3 Å². The van der Waals surface area contributed by atoms with Crippen molar-refractivity contribution in [2.75, 3.05) is 38.1 Å². The van der Waals surface area contributed by atoms with Gasteiger partial charge in [-0.15, -0.1) is 0 Å². The molecule has 0 aromatic heterocycles. The summed E-state index contributed by atoms with van der Waals surface area (Å²) in [6.45, 7) is 3.73. The molecule has 8 nitrogen and oxygen atoms in total. The average molecular weight is 411 g/mol. The van der Waals surface area contributed by atoms with Gasteiger partial charge in [0, 0.05) is 30.3 Å². The number of halogens is 1. The first-order valence-corrected chi connectivity index (χ1v) is 9.84. The molecule has 1 aliphatic rings. The Morgan fingerprint density at radius 3 is 2.64 bits per heavy atom. The first kappa shape index (κ1) is 21.8. The van der Waals surface area contributed by atoms with Crippen LogP contribution < -0.4 is 16.0 Å². The van der Waals surface area contributed by atoms with Gasteiger partial charge in [-0.25, -0.2) is 9.59 Å². The highest BCUT2D eigenvalue weighted by atomic mass is 35.5. The number of nitrogens with zero attached hydrogens (tertiary/aromatic N) is 1. The maximum Gasteiger partial charge on any atom is 0.325 e. The standard InChI is InChI=1S/C19H27ClN4O4/c1-2-28-17(25)13-22-18(26)21-9-6-14-7-10-24(11-8-14)19(27)23-16-5-3-4-15(20)12-16/h3-5,12,14H,2,6-11,13H2,1H3,(H,23,27)(H2,21,22,26).